The number of piperidine rings is 1. The Morgan fingerprint density at radius 1 is 1.43 bits per heavy atom. The summed E-state index contributed by atoms with van der Waals surface area (Å²) in [6, 6.07) is 9.70. The predicted octanol–water partition coefficient (Wildman–Crippen LogP) is 2.55. The average molecular weight is 304 g/mol. The molecular formula is C16H20N2O2S. The molecule has 2 aromatic rings. The van der Waals surface area contributed by atoms with Crippen molar-refractivity contribution in [2.75, 3.05) is 13.1 Å². The van der Waals surface area contributed by atoms with Crippen molar-refractivity contribution < 1.29 is 9.84 Å². The molecule has 0 unspecified atom stereocenters. The summed E-state index contributed by atoms with van der Waals surface area (Å²) in [5.74, 6) is 0.804. The molecule has 0 bridgehead atoms. The maximum Gasteiger partial charge on any atom is 0.140 e. The Hall–Kier alpha value is -1.43. The fraction of sp³-hybridized carbons (Fsp3) is 0.438. The SMILES string of the molecule is C[C@@]1(O)CCN(Cc2cscn2)C[C@H]1Oc1ccccc1. The van der Waals surface area contributed by atoms with Gasteiger partial charge in [0.15, 0.2) is 0 Å². The molecule has 0 spiro atoms. The maximum absolute atomic E-state index is 10.6. The van der Waals surface area contributed by atoms with Crippen LogP contribution in [-0.2, 0) is 6.54 Å². The van der Waals surface area contributed by atoms with Crippen molar-refractivity contribution in [1.82, 2.24) is 9.88 Å². The summed E-state index contributed by atoms with van der Waals surface area (Å²) in [5, 5.41) is 12.6. The molecule has 1 aliphatic rings. The summed E-state index contributed by atoms with van der Waals surface area (Å²) in [7, 11) is 0. The number of hydrogen-bond donors (Lipinski definition) is 1. The molecule has 2 atom stereocenters. The average Bonchev–Trinajstić information content (AvgIpc) is 2.97. The second kappa shape index (κ2) is 6.13. The molecular weight excluding hydrogens is 284 g/mol. The van der Waals surface area contributed by atoms with Gasteiger partial charge in [-0.2, -0.15) is 0 Å². The fourth-order valence-corrected chi connectivity index (χ4v) is 3.13. The summed E-state index contributed by atoms with van der Waals surface area (Å²) in [5.41, 5.74) is 2.14. The molecule has 1 aromatic carbocycles. The fourth-order valence-electron chi connectivity index (χ4n) is 2.58. The number of thiazole rings is 1. The van der Waals surface area contributed by atoms with Crippen molar-refractivity contribution in [3.05, 3.63) is 46.9 Å². The lowest BCUT2D eigenvalue weighted by molar-refractivity contribution is -0.0966. The molecule has 0 saturated carbocycles. The van der Waals surface area contributed by atoms with Crippen molar-refractivity contribution in [3.8, 4) is 5.75 Å². The molecule has 21 heavy (non-hydrogen) atoms. The lowest BCUT2D eigenvalue weighted by Gasteiger charge is -2.42. The van der Waals surface area contributed by atoms with E-state index in [1.54, 1.807) is 11.3 Å². The first-order valence-electron chi connectivity index (χ1n) is 7.17. The number of benzene rings is 1. The van der Waals surface area contributed by atoms with E-state index in [1.165, 1.54) is 0 Å². The van der Waals surface area contributed by atoms with E-state index in [0.29, 0.717) is 13.0 Å². The van der Waals surface area contributed by atoms with Gasteiger partial charge in [-0.25, -0.2) is 4.98 Å². The third kappa shape index (κ3) is 3.61. The molecule has 3 rings (SSSR count). The number of ether oxygens (including phenoxy) is 1. The molecule has 2 heterocycles. The molecule has 0 aliphatic carbocycles. The Labute approximate surface area is 129 Å². The first-order valence-corrected chi connectivity index (χ1v) is 8.11. The van der Waals surface area contributed by atoms with E-state index in [1.807, 2.05) is 42.8 Å². The van der Waals surface area contributed by atoms with Crippen LogP contribution in [0, 0.1) is 0 Å². The van der Waals surface area contributed by atoms with Crippen LogP contribution in [0.25, 0.3) is 0 Å². The first-order chi connectivity index (χ1) is 10.1. The smallest absolute Gasteiger partial charge is 0.140 e. The lowest BCUT2D eigenvalue weighted by atomic mass is 9.90. The summed E-state index contributed by atoms with van der Waals surface area (Å²) in [4.78, 5) is 6.62. The van der Waals surface area contributed by atoms with Crippen molar-refractivity contribution in [1.29, 1.82) is 0 Å². The summed E-state index contributed by atoms with van der Waals surface area (Å²) >= 11 is 1.61. The van der Waals surface area contributed by atoms with E-state index in [-0.39, 0.29) is 6.10 Å². The molecule has 1 saturated heterocycles. The first kappa shape index (κ1) is 14.5. The molecule has 5 heteroatoms. The van der Waals surface area contributed by atoms with Gasteiger partial charge in [0.2, 0.25) is 0 Å². The van der Waals surface area contributed by atoms with Crippen LogP contribution in [0.15, 0.2) is 41.2 Å². The molecule has 1 aliphatic heterocycles. The van der Waals surface area contributed by atoms with E-state index >= 15 is 0 Å². The van der Waals surface area contributed by atoms with Gasteiger partial charge in [0.05, 0.1) is 11.2 Å². The highest BCUT2D eigenvalue weighted by molar-refractivity contribution is 7.07. The molecule has 1 aromatic heterocycles. The van der Waals surface area contributed by atoms with Crippen LogP contribution in [-0.4, -0.2) is 39.8 Å². The Balaban J connectivity index is 1.67. The maximum atomic E-state index is 10.6. The van der Waals surface area contributed by atoms with Crippen LogP contribution in [0.3, 0.4) is 0 Å². The third-order valence-corrected chi connectivity index (χ3v) is 4.58. The van der Waals surface area contributed by atoms with Gasteiger partial charge in [0.25, 0.3) is 0 Å². The van der Waals surface area contributed by atoms with Crippen molar-refractivity contribution in [2.45, 2.75) is 31.6 Å². The molecule has 0 amide bonds. The molecule has 4 nitrogen and oxygen atoms in total. The van der Waals surface area contributed by atoms with Crippen LogP contribution in [0.5, 0.6) is 5.75 Å². The summed E-state index contributed by atoms with van der Waals surface area (Å²) in [6.45, 7) is 4.24. The molecule has 1 fully saturated rings. The Kier molecular flexibility index (Phi) is 4.24. The van der Waals surface area contributed by atoms with Crippen LogP contribution < -0.4 is 4.74 Å². The molecule has 0 radical (unpaired) electrons. The van der Waals surface area contributed by atoms with Gasteiger partial charge in [-0.3, -0.25) is 4.90 Å². The summed E-state index contributed by atoms with van der Waals surface area (Å²) in [6.07, 6.45) is 0.474. The van der Waals surface area contributed by atoms with Gasteiger partial charge in [-0.1, -0.05) is 18.2 Å². The van der Waals surface area contributed by atoms with Crippen molar-refractivity contribution in [2.24, 2.45) is 0 Å². The zero-order chi connectivity index (χ0) is 14.7. The standard InChI is InChI=1S/C16H20N2O2S/c1-16(19)7-8-18(9-13-11-21-12-17-13)10-15(16)20-14-5-3-2-4-6-14/h2-6,11-12,15,19H,7-10H2,1H3/t15-,16-/m1/s1. The van der Waals surface area contributed by atoms with Crippen LogP contribution in [0.1, 0.15) is 19.0 Å². The topological polar surface area (TPSA) is 45.6 Å². The normalized spacial score (nSPS) is 26.7. The van der Waals surface area contributed by atoms with Crippen LogP contribution in [0.4, 0.5) is 0 Å². The molecule has 1 N–H and O–H groups in total. The Morgan fingerprint density at radius 3 is 2.95 bits per heavy atom. The van der Waals surface area contributed by atoms with Gasteiger partial charge in [-0.15, -0.1) is 11.3 Å². The van der Waals surface area contributed by atoms with E-state index < -0.39 is 5.60 Å². The number of para-hydroxylation sites is 1. The van der Waals surface area contributed by atoms with Gasteiger partial charge in [0, 0.05) is 25.0 Å². The number of hydrogen-bond acceptors (Lipinski definition) is 5. The van der Waals surface area contributed by atoms with Gasteiger partial charge < -0.3 is 9.84 Å². The number of likely N-dealkylation sites (tertiary alicyclic amines) is 1. The van der Waals surface area contributed by atoms with Crippen molar-refractivity contribution >= 4 is 11.3 Å². The largest absolute Gasteiger partial charge is 0.486 e. The number of aliphatic hydroxyl groups is 1. The van der Waals surface area contributed by atoms with E-state index in [4.69, 9.17) is 4.74 Å². The minimum Gasteiger partial charge on any atom is -0.486 e. The third-order valence-electron chi connectivity index (χ3n) is 3.94. The number of rotatable bonds is 4. The second-order valence-corrected chi connectivity index (χ2v) is 6.46. The minimum absolute atomic E-state index is 0.229. The second-order valence-electron chi connectivity index (χ2n) is 5.74. The van der Waals surface area contributed by atoms with Gasteiger partial charge in [0.1, 0.15) is 17.5 Å². The van der Waals surface area contributed by atoms with Crippen LogP contribution >= 0.6 is 11.3 Å². The minimum atomic E-state index is -0.797. The van der Waals surface area contributed by atoms with Crippen molar-refractivity contribution in [3.63, 3.8) is 0 Å². The Bertz CT molecular complexity index is 557. The quantitative estimate of drug-likeness (QED) is 0.943. The number of nitrogens with zero attached hydrogens (tertiary/aromatic N) is 2. The number of aromatic nitrogens is 1. The monoisotopic (exact) mass is 304 g/mol. The zero-order valence-electron chi connectivity index (χ0n) is 12.1. The van der Waals surface area contributed by atoms with Gasteiger partial charge in [-0.05, 0) is 25.5 Å². The summed E-state index contributed by atoms with van der Waals surface area (Å²) < 4.78 is 6.01. The highest BCUT2D eigenvalue weighted by Gasteiger charge is 2.39. The van der Waals surface area contributed by atoms with E-state index in [9.17, 15) is 5.11 Å². The zero-order valence-corrected chi connectivity index (χ0v) is 12.9. The highest BCUT2D eigenvalue weighted by atomic mass is 32.1. The van der Waals surface area contributed by atoms with E-state index in [2.05, 4.69) is 15.3 Å². The van der Waals surface area contributed by atoms with Crippen LogP contribution in [0.2, 0.25) is 0 Å². The highest BCUT2D eigenvalue weighted by Crippen LogP contribution is 2.27. The van der Waals surface area contributed by atoms with Gasteiger partial charge >= 0.3 is 0 Å². The predicted molar refractivity (Wildman–Crippen MR) is 83.5 cm³/mol. The molecule has 112 valence electrons. The Morgan fingerprint density at radius 2 is 2.24 bits per heavy atom. The lowest BCUT2D eigenvalue weighted by Crippen LogP contribution is -2.56. The van der Waals surface area contributed by atoms with E-state index in [0.717, 1.165) is 24.5 Å².